The summed E-state index contributed by atoms with van der Waals surface area (Å²) < 4.78 is 5.24. The highest BCUT2D eigenvalue weighted by molar-refractivity contribution is 5.52. The van der Waals surface area contributed by atoms with Gasteiger partial charge in [-0.25, -0.2) is 0 Å². The number of aryl methyl sites for hydroxylation is 1. The minimum absolute atomic E-state index is 0.0947. The molecule has 0 atom stereocenters. The van der Waals surface area contributed by atoms with E-state index < -0.39 is 0 Å². The first kappa shape index (κ1) is 13.8. The molecule has 3 nitrogen and oxygen atoms in total. The Bertz CT molecular complexity index is 374. The van der Waals surface area contributed by atoms with Crippen molar-refractivity contribution in [3.63, 3.8) is 0 Å². The molecule has 0 bridgehead atoms. The molecule has 0 spiro atoms. The molecule has 96 valence electrons. The van der Waals surface area contributed by atoms with Gasteiger partial charge in [0.2, 0.25) is 0 Å². The van der Waals surface area contributed by atoms with E-state index in [4.69, 9.17) is 4.74 Å². The quantitative estimate of drug-likeness (QED) is 0.854. The maximum atomic E-state index is 9.28. The summed E-state index contributed by atoms with van der Waals surface area (Å²) in [7, 11) is 3.72. The topological polar surface area (TPSA) is 32.7 Å². The molecule has 0 aliphatic carbocycles. The number of benzene rings is 1. The predicted molar refractivity (Wildman–Crippen MR) is 71.9 cm³/mol. The predicted octanol–water partition coefficient (Wildman–Crippen LogP) is 2.46. The van der Waals surface area contributed by atoms with E-state index in [0.29, 0.717) is 0 Å². The van der Waals surface area contributed by atoms with E-state index in [-0.39, 0.29) is 12.0 Å². The molecule has 0 aliphatic heterocycles. The third-order valence-corrected chi connectivity index (χ3v) is 2.91. The van der Waals surface area contributed by atoms with Crippen molar-refractivity contribution in [2.24, 2.45) is 5.41 Å². The zero-order valence-corrected chi connectivity index (χ0v) is 11.4. The minimum Gasteiger partial charge on any atom is -0.496 e. The molecule has 0 radical (unpaired) electrons. The summed E-state index contributed by atoms with van der Waals surface area (Å²) in [5.74, 6) is 0.906. The summed E-state index contributed by atoms with van der Waals surface area (Å²) >= 11 is 0. The van der Waals surface area contributed by atoms with Crippen LogP contribution in [0.4, 0.5) is 5.69 Å². The largest absolute Gasteiger partial charge is 0.496 e. The lowest BCUT2D eigenvalue weighted by molar-refractivity contribution is 0.165. The van der Waals surface area contributed by atoms with Crippen LogP contribution in [0.2, 0.25) is 0 Å². The van der Waals surface area contributed by atoms with E-state index in [1.807, 2.05) is 26.1 Å². The molecular weight excluding hydrogens is 214 g/mol. The number of hydrogen-bond donors (Lipinski definition) is 1. The fraction of sp³-hybridized carbons (Fsp3) is 0.571. The van der Waals surface area contributed by atoms with E-state index in [2.05, 4.69) is 24.8 Å². The van der Waals surface area contributed by atoms with Crippen molar-refractivity contribution in [1.82, 2.24) is 0 Å². The summed E-state index contributed by atoms with van der Waals surface area (Å²) in [4.78, 5) is 2.16. The lowest BCUT2D eigenvalue weighted by Gasteiger charge is -2.30. The number of anilines is 1. The van der Waals surface area contributed by atoms with Crippen LogP contribution in [0, 0.1) is 12.3 Å². The molecule has 3 heteroatoms. The highest BCUT2D eigenvalue weighted by atomic mass is 16.5. The van der Waals surface area contributed by atoms with Crippen molar-refractivity contribution in [3.05, 3.63) is 23.8 Å². The molecule has 1 N–H and O–H groups in total. The Labute approximate surface area is 104 Å². The summed E-state index contributed by atoms with van der Waals surface area (Å²) in [5, 5.41) is 9.28. The molecular formula is C14H23NO2. The van der Waals surface area contributed by atoms with Crippen molar-refractivity contribution < 1.29 is 9.84 Å². The fourth-order valence-electron chi connectivity index (χ4n) is 1.88. The van der Waals surface area contributed by atoms with Gasteiger partial charge in [0, 0.05) is 31.3 Å². The summed E-state index contributed by atoms with van der Waals surface area (Å²) in [6.45, 7) is 7.15. The van der Waals surface area contributed by atoms with E-state index in [1.54, 1.807) is 7.11 Å². The maximum absolute atomic E-state index is 9.28. The van der Waals surface area contributed by atoms with Gasteiger partial charge in [0.25, 0.3) is 0 Å². The first-order chi connectivity index (χ1) is 7.89. The van der Waals surface area contributed by atoms with Crippen molar-refractivity contribution in [2.45, 2.75) is 20.8 Å². The van der Waals surface area contributed by atoms with Crippen LogP contribution in [0.1, 0.15) is 19.4 Å². The maximum Gasteiger partial charge on any atom is 0.121 e. The second kappa shape index (κ2) is 5.41. The Morgan fingerprint density at radius 2 is 2.00 bits per heavy atom. The van der Waals surface area contributed by atoms with Crippen LogP contribution in [-0.2, 0) is 0 Å². The van der Waals surface area contributed by atoms with Gasteiger partial charge in [-0.3, -0.25) is 0 Å². The van der Waals surface area contributed by atoms with Crippen molar-refractivity contribution in [2.75, 3.05) is 32.2 Å². The molecule has 0 amide bonds. The number of methoxy groups -OCH3 is 1. The van der Waals surface area contributed by atoms with Crippen LogP contribution in [0.5, 0.6) is 5.75 Å². The Morgan fingerprint density at radius 1 is 1.35 bits per heavy atom. The number of aliphatic hydroxyl groups is 1. The molecule has 1 aromatic rings. The molecule has 0 aromatic heterocycles. The van der Waals surface area contributed by atoms with Gasteiger partial charge in [-0.05, 0) is 30.7 Å². The van der Waals surface area contributed by atoms with E-state index in [9.17, 15) is 5.11 Å². The van der Waals surface area contributed by atoms with Gasteiger partial charge in [-0.2, -0.15) is 0 Å². The first-order valence-corrected chi connectivity index (χ1v) is 5.86. The lowest BCUT2D eigenvalue weighted by atomic mass is 9.94. The number of ether oxygens (including phenoxy) is 1. The molecule has 0 saturated heterocycles. The Hall–Kier alpha value is -1.22. The Morgan fingerprint density at radius 3 is 2.47 bits per heavy atom. The monoisotopic (exact) mass is 237 g/mol. The average molecular weight is 237 g/mol. The summed E-state index contributed by atoms with van der Waals surface area (Å²) in [6, 6.07) is 6.12. The van der Waals surface area contributed by atoms with Gasteiger partial charge in [0.05, 0.1) is 7.11 Å². The van der Waals surface area contributed by atoms with Crippen molar-refractivity contribution >= 4 is 5.69 Å². The third-order valence-electron chi connectivity index (χ3n) is 2.91. The fourth-order valence-corrected chi connectivity index (χ4v) is 1.88. The van der Waals surface area contributed by atoms with E-state index >= 15 is 0 Å². The number of hydrogen-bond acceptors (Lipinski definition) is 3. The van der Waals surface area contributed by atoms with Crippen LogP contribution < -0.4 is 9.64 Å². The zero-order valence-electron chi connectivity index (χ0n) is 11.4. The smallest absolute Gasteiger partial charge is 0.121 e. The number of nitrogens with zero attached hydrogens (tertiary/aromatic N) is 1. The van der Waals surface area contributed by atoms with Gasteiger partial charge in [0.15, 0.2) is 0 Å². The van der Waals surface area contributed by atoms with Gasteiger partial charge in [0.1, 0.15) is 5.75 Å². The molecule has 0 fully saturated rings. The normalized spacial score (nSPS) is 11.4. The van der Waals surface area contributed by atoms with Crippen molar-refractivity contribution in [1.29, 1.82) is 0 Å². The highest BCUT2D eigenvalue weighted by Crippen LogP contribution is 2.25. The number of aliphatic hydroxyl groups excluding tert-OH is 1. The Balaban J connectivity index is 2.83. The van der Waals surface area contributed by atoms with Gasteiger partial charge < -0.3 is 14.7 Å². The summed E-state index contributed by atoms with van der Waals surface area (Å²) in [6.07, 6.45) is 0. The molecule has 0 heterocycles. The molecule has 0 unspecified atom stereocenters. The van der Waals surface area contributed by atoms with Crippen LogP contribution in [0.25, 0.3) is 0 Å². The van der Waals surface area contributed by atoms with E-state index in [0.717, 1.165) is 23.5 Å². The first-order valence-electron chi connectivity index (χ1n) is 5.86. The van der Waals surface area contributed by atoms with Crippen LogP contribution >= 0.6 is 0 Å². The zero-order chi connectivity index (χ0) is 13.1. The molecule has 0 aliphatic rings. The van der Waals surface area contributed by atoms with E-state index in [1.165, 1.54) is 0 Å². The van der Waals surface area contributed by atoms with Gasteiger partial charge in [-0.1, -0.05) is 13.8 Å². The molecule has 1 aromatic carbocycles. The van der Waals surface area contributed by atoms with Gasteiger partial charge >= 0.3 is 0 Å². The van der Waals surface area contributed by atoms with Crippen LogP contribution in [-0.4, -0.2) is 32.4 Å². The molecule has 0 saturated carbocycles. The van der Waals surface area contributed by atoms with Crippen LogP contribution in [0.3, 0.4) is 0 Å². The van der Waals surface area contributed by atoms with Crippen LogP contribution in [0.15, 0.2) is 18.2 Å². The average Bonchev–Trinajstić information content (AvgIpc) is 2.28. The van der Waals surface area contributed by atoms with Gasteiger partial charge in [-0.15, -0.1) is 0 Å². The molecule has 1 rings (SSSR count). The second-order valence-electron chi connectivity index (χ2n) is 5.33. The SMILES string of the molecule is COc1ccc(N(C)CC(C)(C)CO)cc1C. The highest BCUT2D eigenvalue weighted by Gasteiger charge is 2.19. The third kappa shape index (κ3) is 3.63. The Kier molecular flexibility index (Phi) is 4.40. The lowest BCUT2D eigenvalue weighted by Crippen LogP contribution is -2.33. The summed E-state index contributed by atoms with van der Waals surface area (Å²) in [5.41, 5.74) is 2.17. The number of rotatable bonds is 5. The second-order valence-corrected chi connectivity index (χ2v) is 5.33. The standard InChI is InChI=1S/C14H23NO2/c1-11-8-12(6-7-13(11)17-5)15(4)9-14(2,3)10-16/h6-8,16H,9-10H2,1-5H3. The minimum atomic E-state index is -0.0947. The molecule has 17 heavy (non-hydrogen) atoms. The van der Waals surface area contributed by atoms with Crippen molar-refractivity contribution in [3.8, 4) is 5.75 Å².